The van der Waals surface area contributed by atoms with Crippen LogP contribution < -0.4 is 0 Å². The van der Waals surface area contributed by atoms with Gasteiger partial charge in [0.15, 0.2) is 0 Å². The highest BCUT2D eigenvalue weighted by atomic mass is 79.9. The lowest BCUT2D eigenvalue weighted by molar-refractivity contribution is 1.18. The van der Waals surface area contributed by atoms with Gasteiger partial charge in [-0.3, -0.25) is 0 Å². The van der Waals surface area contributed by atoms with Gasteiger partial charge in [-0.05, 0) is 29.1 Å². The Balaban J connectivity index is 2.32. The zero-order valence-electron chi connectivity index (χ0n) is 7.58. The average Bonchev–Trinajstić information content (AvgIpc) is 2.65. The van der Waals surface area contributed by atoms with E-state index in [9.17, 15) is 0 Å². The van der Waals surface area contributed by atoms with Crippen molar-refractivity contribution in [2.24, 2.45) is 0 Å². The summed E-state index contributed by atoms with van der Waals surface area (Å²) < 4.78 is 1.05. The minimum absolute atomic E-state index is 0.161. The number of hydrogen-bond donors (Lipinski definition) is 0. The standard InChI is InChI=1S/C11H7BrCl2S/c12-8-3-1-7(2-4-8)10(14)11-9(13)5-6-15-11/h1-6,10H. The smallest absolute Gasteiger partial charge is 0.0942 e. The van der Waals surface area contributed by atoms with Gasteiger partial charge in [-0.25, -0.2) is 0 Å². The predicted octanol–water partition coefficient (Wildman–Crippen LogP) is 5.49. The van der Waals surface area contributed by atoms with Crippen LogP contribution in [0.3, 0.4) is 0 Å². The SMILES string of the molecule is Clc1ccsc1C(Cl)c1ccc(Br)cc1. The van der Waals surface area contributed by atoms with E-state index in [0.717, 1.165) is 19.9 Å². The van der Waals surface area contributed by atoms with E-state index in [2.05, 4.69) is 15.9 Å². The highest BCUT2D eigenvalue weighted by Crippen LogP contribution is 2.37. The van der Waals surface area contributed by atoms with Gasteiger partial charge < -0.3 is 0 Å². The van der Waals surface area contributed by atoms with Crippen LogP contribution in [0.1, 0.15) is 15.8 Å². The normalized spacial score (nSPS) is 12.7. The van der Waals surface area contributed by atoms with Crippen molar-refractivity contribution < 1.29 is 0 Å². The van der Waals surface area contributed by atoms with Gasteiger partial charge in [0.1, 0.15) is 0 Å². The molecule has 0 fully saturated rings. The lowest BCUT2D eigenvalue weighted by Crippen LogP contribution is -1.90. The summed E-state index contributed by atoms with van der Waals surface area (Å²) >= 11 is 17.3. The molecule has 1 heterocycles. The monoisotopic (exact) mass is 320 g/mol. The van der Waals surface area contributed by atoms with Crippen LogP contribution in [0.25, 0.3) is 0 Å². The first-order valence-corrected chi connectivity index (χ1v) is 6.79. The van der Waals surface area contributed by atoms with Crippen LogP contribution >= 0.6 is 50.5 Å². The van der Waals surface area contributed by atoms with E-state index in [1.54, 1.807) is 11.3 Å². The molecule has 0 aliphatic carbocycles. The van der Waals surface area contributed by atoms with Gasteiger partial charge in [0.05, 0.1) is 10.4 Å². The summed E-state index contributed by atoms with van der Waals surface area (Å²) in [5.74, 6) is 0. The zero-order valence-corrected chi connectivity index (χ0v) is 11.5. The second-order valence-electron chi connectivity index (χ2n) is 3.05. The van der Waals surface area contributed by atoms with Crippen LogP contribution in [-0.4, -0.2) is 0 Å². The molecule has 1 aromatic carbocycles. The molecule has 78 valence electrons. The maximum absolute atomic E-state index is 6.34. The molecule has 2 aromatic rings. The Kier molecular flexibility index (Phi) is 3.73. The molecule has 0 spiro atoms. The van der Waals surface area contributed by atoms with E-state index in [4.69, 9.17) is 23.2 Å². The van der Waals surface area contributed by atoms with Crippen LogP contribution in [0.15, 0.2) is 40.2 Å². The van der Waals surface area contributed by atoms with E-state index in [0.29, 0.717) is 0 Å². The summed E-state index contributed by atoms with van der Waals surface area (Å²) in [6, 6.07) is 9.82. The predicted molar refractivity (Wildman–Crippen MR) is 71.2 cm³/mol. The Labute approximate surface area is 111 Å². The lowest BCUT2D eigenvalue weighted by Gasteiger charge is -2.08. The van der Waals surface area contributed by atoms with Crippen molar-refractivity contribution in [1.29, 1.82) is 0 Å². The largest absolute Gasteiger partial charge is 0.145 e. The molecule has 1 aromatic heterocycles. The summed E-state index contributed by atoms with van der Waals surface area (Å²) in [6.07, 6.45) is 0. The van der Waals surface area contributed by atoms with Crippen molar-refractivity contribution in [3.8, 4) is 0 Å². The summed E-state index contributed by atoms with van der Waals surface area (Å²) in [4.78, 5) is 1.00. The van der Waals surface area contributed by atoms with Crippen molar-refractivity contribution in [2.75, 3.05) is 0 Å². The number of hydrogen-bond acceptors (Lipinski definition) is 1. The van der Waals surface area contributed by atoms with Crippen LogP contribution in [0.2, 0.25) is 5.02 Å². The van der Waals surface area contributed by atoms with Gasteiger partial charge >= 0.3 is 0 Å². The summed E-state index contributed by atoms with van der Waals surface area (Å²) in [5.41, 5.74) is 1.06. The molecule has 0 aliphatic rings. The van der Waals surface area contributed by atoms with E-state index < -0.39 is 0 Å². The summed E-state index contributed by atoms with van der Waals surface area (Å²) in [5, 5.41) is 2.53. The quantitative estimate of drug-likeness (QED) is 0.641. The minimum Gasteiger partial charge on any atom is -0.145 e. The Morgan fingerprint density at radius 2 is 1.80 bits per heavy atom. The summed E-state index contributed by atoms with van der Waals surface area (Å²) in [7, 11) is 0. The van der Waals surface area contributed by atoms with Gasteiger partial charge in [-0.2, -0.15) is 0 Å². The van der Waals surface area contributed by atoms with Crippen molar-refractivity contribution >= 4 is 50.5 Å². The van der Waals surface area contributed by atoms with Gasteiger partial charge in [0.2, 0.25) is 0 Å². The van der Waals surface area contributed by atoms with Crippen LogP contribution in [-0.2, 0) is 0 Å². The first kappa shape index (κ1) is 11.5. The molecule has 0 aliphatic heterocycles. The first-order chi connectivity index (χ1) is 7.18. The van der Waals surface area contributed by atoms with Gasteiger partial charge in [-0.15, -0.1) is 22.9 Å². The molecule has 0 bridgehead atoms. The zero-order chi connectivity index (χ0) is 10.8. The van der Waals surface area contributed by atoms with Crippen LogP contribution in [0, 0.1) is 0 Å². The molecule has 0 N–H and O–H groups in total. The fourth-order valence-electron chi connectivity index (χ4n) is 1.27. The van der Waals surface area contributed by atoms with E-state index in [1.807, 2.05) is 35.7 Å². The number of thiophene rings is 1. The molecule has 0 radical (unpaired) electrons. The highest BCUT2D eigenvalue weighted by Gasteiger charge is 2.15. The Bertz CT molecular complexity index is 450. The molecular weight excluding hydrogens is 315 g/mol. The molecule has 0 saturated heterocycles. The Morgan fingerprint density at radius 3 is 2.33 bits per heavy atom. The van der Waals surface area contributed by atoms with E-state index in [1.165, 1.54) is 0 Å². The number of benzene rings is 1. The lowest BCUT2D eigenvalue weighted by atomic mass is 10.1. The number of alkyl halides is 1. The van der Waals surface area contributed by atoms with Gasteiger partial charge in [0, 0.05) is 9.35 Å². The third kappa shape index (κ3) is 2.56. The Morgan fingerprint density at radius 1 is 1.13 bits per heavy atom. The fourth-order valence-corrected chi connectivity index (χ4v) is 3.17. The molecule has 0 nitrogen and oxygen atoms in total. The third-order valence-corrected chi connectivity index (χ3v) is 4.59. The number of rotatable bonds is 2. The number of halogens is 3. The van der Waals surface area contributed by atoms with E-state index >= 15 is 0 Å². The molecule has 1 unspecified atom stereocenters. The maximum atomic E-state index is 6.34. The first-order valence-electron chi connectivity index (χ1n) is 4.31. The molecule has 2 rings (SSSR count). The second-order valence-corrected chi connectivity index (χ2v) is 5.75. The fraction of sp³-hybridized carbons (Fsp3) is 0.0909. The van der Waals surface area contributed by atoms with Gasteiger partial charge in [-0.1, -0.05) is 39.7 Å². The molecular formula is C11H7BrCl2S. The van der Waals surface area contributed by atoms with Crippen molar-refractivity contribution in [1.82, 2.24) is 0 Å². The van der Waals surface area contributed by atoms with Crippen molar-refractivity contribution in [2.45, 2.75) is 5.38 Å². The average molecular weight is 322 g/mol. The van der Waals surface area contributed by atoms with Crippen molar-refractivity contribution in [3.05, 3.63) is 55.6 Å². The molecule has 4 heteroatoms. The Hall–Kier alpha value is -0.0200. The third-order valence-electron chi connectivity index (χ3n) is 2.04. The molecule has 1 atom stereocenters. The molecule has 15 heavy (non-hydrogen) atoms. The van der Waals surface area contributed by atoms with E-state index in [-0.39, 0.29) is 5.38 Å². The van der Waals surface area contributed by atoms with Crippen LogP contribution in [0.4, 0.5) is 0 Å². The minimum atomic E-state index is -0.161. The molecule has 0 amide bonds. The molecule has 0 saturated carbocycles. The topological polar surface area (TPSA) is 0 Å². The van der Waals surface area contributed by atoms with Gasteiger partial charge in [0.25, 0.3) is 0 Å². The summed E-state index contributed by atoms with van der Waals surface area (Å²) in [6.45, 7) is 0. The second kappa shape index (κ2) is 4.88. The maximum Gasteiger partial charge on any atom is 0.0942 e. The van der Waals surface area contributed by atoms with Crippen LogP contribution in [0.5, 0.6) is 0 Å². The van der Waals surface area contributed by atoms with Crippen molar-refractivity contribution in [3.63, 3.8) is 0 Å². The highest BCUT2D eigenvalue weighted by molar-refractivity contribution is 9.10.